The number of imidazole rings is 1. The molecule has 1 aliphatic heterocycles. The number of anilines is 1. The number of fused-ring (bicyclic) bond motifs is 1. The maximum atomic E-state index is 13.1. The number of nitro groups is 1. The molecule has 0 spiro atoms. The summed E-state index contributed by atoms with van der Waals surface area (Å²) in [5, 5.41) is 24.5. The Bertz CT molecular complexity index is 1620. The van der Waals surface area contributed by atoms with Crippen molar-refractivity contribution in [2.24, 2.45) is 19.1 Å². The van der Waals surface area contributed by atoms with Gasteiger partial charge in [0.1, 0.15) is 5.92 Å². The van der Waals surface area contributed by atoms with Crippen molar-refractivity contribution in [1.29, 1.82) is 0 Å². The molecular weight excluding hydrogens is 474 g/mol. The molecule has 0 saturated carbocycles. The van der Waals surface area contributed by atoms with Crippen LogP contribution in [0.3, 0.4) is 0 Å². The van der Waals surface area contributed by atoms with E-state index in [1.54, 1.807) is 19.2 Å². The van der Waals surface area contributed by atoms with Crippen molar-refractivity contribution in [1.82, 2.24) is 9.13 Å². The number of aromatic hydroxyl groups is 1. The third kappa shape index (κ3) is 4.29. The van der Waals surface area contributed by atoms with Crippen molar-refractivity contribution < 1.29 is 14.8 Å². The molecule has 1 atom stereocenters. The first-order valence-electron chi connectivity index (χ1n) is 11.5. The van der Waals surface area contributed by atoms with Gasteiger partial charge in [0, 0.05) is 43.9 Å². The highest BCUT2D eigenvalue weighted by molar-refractivity contribution is 6.24. The fourth-order valence-electron chi connectivity index (χ4n) is 4.53. The maximum Gasteiger partial charge on any atom is 0.330 e. The summed E-state index contributed by atoms with van der Waals surface area (Å²) in [5.41, 5.74) is 3.73. The Kier molecular flexibility index (Phi) is 5.92. The minimum absolute atomic E-state index is 0.0824. The molecule has 0 radical (unpaired) electrons. The highest BCUT2D eigenvalue weighted by Gasteiger charge is 2.36. The SMILES string of the molecule is Cn1c(O)c(Cc2ccc(N=C(c3ccccc3)C3C(=O)Nc4ccc([N+](=O)[O-])cc43)cc2)n(C)c1=O. The average Bonchev–Trinajstić information content (AvgIpc) is 3.32. The third-order valence-corrected chi connectivity index (χ3v) is 6.53. The number of hydrogen-bond acceptors (Lipinski definition) is 6. The first-order chi connectivity index (χ1) is 17.7. The first kappa shape index (κ1) is 23.7. The molecule has 37 heavy (non-hydrogen) atoms. The summed E-state index contributed by atoms with van der Waals surface area (Å²) < 4.78 is 2.60. The highest BCUT2D eigenvalue weighted by atomic mass is 16.6. The second-order valence-corrected chi connectivity index (χ2v) is 8.83. The predicted molar refractivity (Wildman–Crippen MR) is 139 cm³/mol. The zero-order valence-corrected chi connectivity index (χ0v) is 20.1. The van der Waals surface area contributed by atoms with E-state index in [0.717, 1.165) is 11.1 Å². The molecule has 1 aliphatic rings. The summed E-state index contributed by atoms with van der Waals surface area (Å²) in [6.45, 7) is 0. The van der Waals surface area contributed by atoms with Crippen LogP contribution in [0.25, 0.3) is 0 Å². The van der Waals surface area contributed by atoms with Gasteiger partial charge in [-0.1, -0.05) is 42.5 Å². The Morgan fingerprint density at radius 2 is 1.73 bits per heavy atom. The summed E-state index contributed by atoms with van der Waals surface area (Å²) in [6, 6.07) is 20.8. The summed E-state index contributed by atoms with van der Waals surface area (Å²) >= 11 is 0. The number of nitrogens with zero attached hydrogens (tertiary/aromatic N) is 4. The summed E-state index contributed by atoms with van der Waals surface area (Å²) in [5.74, 6) is -1.22. The van der Waals surface area contributed by atoms with E-state index in [-0.39, 0.29) is 23.2 Å². The average molecular weight is 498 g/mol. The molecule has 0 fully saturated rings. The topological polar surface area (TPSA) is 132 Å². The smallest absolute Gasteiger partial charge is 0.330 e. The second kappa shape index (κ2) is 9.23. The number of benzene rings is 3. The van der Waals surface area contributed by atoms with Gasteiger partial charge in [-0.25, -0.2) is 4.79 Å². The Balaban J connectivity index is 1.54. The largest absolute Gasteiger partial charge is 0.493 e. The van der Waals surface area contributed by atoms with Crippen molar-refractivity contribution in [3.8, 4) is 5.88 Å². The lowest BCUT2D eigenvalue weighted by Gasteiger charge is -2.14. The van der Waals surface area contributed by atoms with Gasteiger partial charge in [-0.2, -0.15) is 0 Å². The number of nitrogens with one attached hydrogen (secondary N) is 1. The molecule has 2 heterocycles. The quantitative estimate of drug-likeness (QED) is 0.238. The van der Waals surface area contributed by atoms with Crippen LogP contribution in [0, 0.1) is 10.1 Å². The van der Waals surface area contributed by atoms with Gasteiger partial charge >= 0.3 is 5.69 Å². The lowest BCUT2D eigenvalue weighted by molar-refractivity contribution is -0.384. The number of hydrogen-bond donors (Lipinski definition) is 2. The summed E-state index contributed by atoms with van der Waals surface area (Å²) in [4.78, 5) is 40.8. The Morgan fingerprint density at radius 3 is 2.35 bits per heavy atom. The molecular formula is C27H23N5O5. The molecule has 5 rings (SSSR count). The molecule has 0 saturated heterocycles. The van der Waals surface area contributed by atoms with Gasteiger partial charge in [0.15, 0.2) is 0 Å². The normalized spacial score (nSPS) is 14.9. The van der Waals surface area contributed by atoms with Gasteiger partial charge in [0.25, 0.3) is 5.69 Å². The molecule has 10 heteroatoms. The van der Waals surface area contributed by atoms with Crippen LogP contribution in [-0.2, 0) is 25.3 Å². The second-order valence-electron chi connectivity index (χ2n) is 8.83. The lowest BCUT2D eigenvalue weighted by atomic mass is 9.90. The number of aliphatic imine (C=N–C) groups is 1. The molecule has 186 valence electrons. The zero-order valence-electron chi connectivity index (χ0n) is 20.1. The number of carbonyl (C=O) groups is 1. The first-order valence-corrected chi connectivity index (χ1v) is 11.5. The van der Waals surface area contributed by atoms with Crippen molar-refractivity contribution in [2.75, 3.05) is 5.32 Å². The van der Waals surface area contributed by atoms with E-state index in [4.69, 9.17) is 4.99 Å². The number of rotatable bonds is 6. The Hall–Kier alpha value is -4.99. The van der Waals surface area contributed by atoms with Crippen molar-refractivity contribution in [3.63, 3.8) is 0 Å². The highest BCUT2D eigenvalue weighted by Crippen LogP contribution is 2.38. The lowest BCUT2D eigenvalue weighted by Crippen LogP contribution is -2.22. The molecule has 1 unspecified atom stereocenters. The van der Waals surface area contributed by atoms with E-state index in [9.17, 15) is 24.8 Å². The van der Waals surface area contributed by atoms with Gasteiger partial charge in [-0.15, -0.1) is 0 Å². The molecule has 4 aromatic rings. The van der Waals surface area contributed by atoms with Gasteiger partial charge in [0.2, 0.25) is 11.8 Å². The van der Waals surface area contributed by atoms with E-state index in [1.165, 1.54) is 34.4 Å². The van der Waals surface area contributed by atoms with E-state index in [0.29, 0.717) is 34.8 Å². The van der Waals surface area contributed by atoms with E-state index >= 15 is 0 Å². The molecule has 2 N–H and O–H groups in total. The molecule has 0 aliphatic carbocycles. The van der Waals surface area contributed by atoms with E-state index < -0.39 is 10.8 Å². The molecule has 1 amide bonds. The fraction of sp³-hybridized carbons (Fsp3) is 0.148. The zero-order chi connectivity index (χ0) is 26.3. The van der Waals surface area contributed by atoms with Crippen LogP contribution in [0.5, 0.6) is 5.88 Å². The van der Waals surface area contributed by atoms with Crippen LogP contribution in [0.1, 0.15) is 28.3 Å². The minimum atomic E-state index is -0.826. The number of aromatic nitrogens is 2. The molecule has 0 bridgehead atoms. The monoisotopic (exact) mass is 497 g/mol. The van der Waals surface area contributed by atoms with E-state index in [2.05, 4.69) is 5.32 Å². The van der Waals surface area contributed by atoms with Crippen molar-refractivity contribution in [3.05, 3.63) is 116 Å². The number of non-ortho nitro benzene ring substituents is 1. The number of nitro benzene ring substituents is 1. The van der Waals surface area contributed by atoms with Crippen LogP contribution < -0.4 is 11.0 Å². The van der Waals surface area contributed by atoms with E-state index in [1.807, 2.05) is 42.5 Å². The Morgan fingerprint density at radius 1 is 1.03 bits per heavy atom. The van der Waals surface area contributed by atoms with Crippen LogP contribution in [0.2, 0.25) is 0 Å². The van der Waals surface area contributed by atoms with Crippen molar-refractivity contribution >= 4 is 28.7 Å². The van der Waals surface area contributed by atoms with Crippen LogP contribution >= 0.6 is 0 Å². The number of carbonyl (C=O) groups excluding carboxylic acids is 1. The molecule has 10 nitrogen and oxygen atoms in total. The van der Waals surface area contributed by atoms with Crippen LogP contribution in [0.15, 0.2) is 82.6 Å². The van der Waals surface area contributed by atoms with Crippen molar-refractivity contribution in [2.45, 2.75) is 12.3 Å². The van der Waals surface area contributed by atoms with Gasteiger partial charge in [-0.05, 0) is 29.3 Å². The number of amides is 1. The van der Waals surface area contributed by atoms with Gasteiger partial charge < -0.3 is 10.4 Å². The minimum Gasteiger partial charge on any atom is -0.493 e. The molecule has 1 aromatic heterocycles. The fourth-order valence-corrected chi connectivity index (χ4v) is 4.53. The summed E-state index contributed by atoms with van der Waals surface area (Å²) in [7, 11) is 3.12. The van der Waals surface area contributed by atoms with Crippen LogP contribution in [-0.4, -0.2) is 30.8 Å². The maximum absolute atomic E-state index is 13.1. The van der Waals surface area contributed by atoms with Crippen LogP contribution in [0.4, 0.5) is 17.1 Å². The summed E-state index contributed by atoms with van der Waals surface area (Å²) in [6.07, 6.45) is 0.343. The van der Waals surface area contributed by atoms with Gasteiger partial charge in [-0.3, -0.25) is 29.0 Å². The Labute approximate surface area is 211 Å². The predicted octanol–water partition coefficient (Wildman–Crippen LogP) is 3.79. The standard InChI is InChI=1S/C27H23N5O5/c1-30-22(26(34)31(2)27(30)35)14-16-8-10-18(11-9-16)28-24(17-6-4-3-5-7-17)23-20-15-19(32(36)37)12-13-21(20)29-25(23)33/h3-13,15,23,34H,14H2,1-2H3,(H,29,33). The third-order valence-electron chi connectivity index (χ3n) is 6.53. The van der Waals surface area contributed by atoms with Gasteiger partial charge in [0.05, 0.1) is 22.0 Å². The molecule has 3 aromatic carbocycles.